The van der Waals surface area contributed by atoms with Gasteiger partial charge in [-0.05, 0) is 37.1 Å². The number of imide groups is 1. The standard InChI is InChI=1S/C28H35N3O5/c1-20-9-10-21(2)23(17-20)29-11-13-30(14-12-29)25(32)18-28(22-7-5-6-8-24(22)36-4)19-26(33)31(27(28)34)15-16-35-3/h5-10,17H,11-16,18-19H2,1-4H3. The van der Waals surface area contributed by atoms with Gasteiger partial charge in [-0.15, -0.1) is 0 Å². The van der Waals surface area contributed by atoms with E-state index in [1.54, 1.807) is 12.1 Å². The molecule has 36 heavy (non-hydrogen) atoms. The highest BCUT2D eigenvalue weighted by Crippen LogP contribution is 2.44. The van der Waals surface area contributed by atoms with E-state index < -0.39 is 5.41 Å². The number of carbonyl (C=O) groups excluding carboxylic acids is 3. The van der Waals surface area contributed by atoms with Crippen LogP contribution in [0.25, 0.3) is 0 Å². The van der Waals surface area contributed by atoms with Gasteiger partial charge in [0.05, 0.1) is 25.7 Å². The van der Waals surface area contributed by atoms with Crippen molar-refractivity contribution in [3.8, 4) is 5.75 Å². The van der Waals surface area contributed by atoms with E-state index in [9.17, 15) is 14.4 Å². The quantitative estimate of drug-likeness (QED) is 0.526. The van der Waals surface area contributed by atoms with Crippen LogP contribution >= 0.6 is 0 Å². The Labute approximate surface area is 212 Å². The molecule has 192 valence electrons. The summed E-state index contributed by atoms with van der Waals surface area (Å²) in [6.45, 7) is 7.13. The van der Waals surface area contributed by atoms with Gasteiger partial charge in [0.2, 0.25) is 17.7 Å². The molecule has 2 aromatic rings. The van der Waals surface area contributed by atoms with E-state index in [1.165, 1.54) is 35.9 Å². The number of nitrogens with zero attached hydrogens (tertiary/aromatic N) is 3. The Morgan fingerprint density at radius 3 is 2.42 bits per heavy atom. The number of carbonyl (C=O) groups is 3. The summed E-state index contributed by atoms with van der Waals surface area (Å²) in [6.07, 6.45) is -0.144. The van der Waals surface area contributed by atoms with Gasteiger partial charge in [0, 0.05) is 57.4 Å². The third-order valence-corrected chi connectivity index (χ3v) is 7.34. The number of ether oxygens (including phenoxy) is 2. The molecule has 2 saturated heterocycles. The number of benzene rings is 2. The predicted octanol–water partition coefficient (Wildman–Crippen LogP) is 2.69. The van der Waals surface area contributed by atoms with E-state index in [0.29, 0.717) is 37.5 Å². The number of piperazine rings is 1. The first-order valence-corrected chi connectivity index (χ1v) is 12.4. The first kappa shape index (κ1) is 25.7. The van der Waals surface area contributed by atoms with Gasteiger partial charge in [0.15, 0.2) is 0 Å². The van der Waals surface area contributed by atoms with Crippen molar-refractivity contribution in [2.24, 2.45) is 0 Å². The topological polar surface area (TPSA) is 79.4 Å². The van der Waals surface area contributed by atoms with Gasteiger partial charge >= 0.3 is 0 Å². The summed E-state index contributed by atoms with van der Waals surface area (Å²) in [5.41, 5.74) is 2.89. The fourth-order valence-electron chi connectivity index (χ4n) is 5.32. The van der Waals surface area contributed by atoms with Gasteiger partial charge in [-0.2, -0.15) is 0 Å². The Balaban J connectivity index is 1.56. The average Bonchev–Trinajstić information content (AvgIpc) is 3.13. The summed E-state index contributed by atoms with van der Waals surface area (Å²) in [5, 5.41) is 0. The summed E-state index contributed by atoms with van der Waals surface area (Å²) in [7, 11) is 3.06. The second-order valence-corrected chi connectivity index (χ2v) is 9.64. The van der Waals surface area contributed by atoms with Crippen molar-refractivity contribution in [1.82, 2.24) is 9.80 Å². The molecule has 0 radical (unpaired) electrons. The lowest BCUT2D eigenvalue weighted by molar-refractivity contribution is -0.143. The fourth-order valence-corrected chi connectivity index (χ4v) is 5.32. The summed E-state index contributed by atoms with van der Waals surface area (Å²) in [6, 6.07) is 13.6. The summed E-state index contributed by atoms with van der Waals surface area (Å²) >= 11 is 0. The molecule has 4 rings (SSSR count). The number of hydrogen-bond donors (Lipinski definition) is 0. The highest BCUT2D eigenvalue weighted by atomic mass is 16.5. The van der Waals surface area contributed by atoms with Crippen molar-refractivity contribution in [2.75, 3.05) is 58.5 Å². The molecule has 0 aliphatic carbocycles. The Hall–Kier alpha value is -3.39. The number of methoxy groups -OCH3 is 2. The van der Waals surface area contributed by atoms with Crippen LogP contribution in [0.15, 0.2) is 42.5 Å². The first-order valence-electron chi connectivity index (χ1n) is 12.4. The Morgan fingerprint density at radius 1 is 1.00 bits per heavy atom. The van der Waals surface area contributed by atoms with Gasteiger partial charge in [0.1, 0.15) is 5.75 Å². The minimum Gasteiger partial charge on any atom is -0.496 e. The monoisotopic (exact) mass is 493 g/mol. The maximum absolute atomic E-state index is 13.8. The molecule has 1 atom stereocenters. The van der Waals surface area contributed by atoms with Crippen molar-refractivity contribution in [1.29, 1.82) is 0 Å². The molecule has 8 heteroatoms. The number of likely N-dealkylation sites (tertiary alicyclic amines) is 1. The van der Waals surface area contributed by atoms with Gasteiger partial charge in [-0.1, -0.05) is 30.3 Å². The van der Waals surface area contributed by atoms with Crippen molar-refractivity contribution in [3.05, 3.63) is 59.2 Å². The zero-order valence-electron chi connectivity index (χ0n) is 21.6. The van der Waals surface area contributed by atoms with Crippen molar-refractivity contribution in [3.63, 3.8) is 0 Å². The van der Waals surface area contributed by atoms with E-state index in [-0.39, 0.29) is 43.7 Å². The Bertz CT molecular complexity index is 1140. The number of hydrogen-bond acceptors (Lipinski definition) is 6. The molecule has 0 N–H and O–H groups in total. The highest BCUT2D eigenvalue weighted by molar-refractivity contribution is 6.11. The van der Waals surface area contributed by atoms with Gasteiger partial charge in [0.25, 0.3) is 0 Å². The molecule has 8 nitrogen and oxygen atoms in total. The number of amides is 3. The van der Waals surface area contributed by atoms with Crippen LogP contribution in [0.2, 0.25) is 0 Å². The predicted molar refractivity (Wildman–Crippen MR) is 137 cm³/mol. The van der Waals surface area contributed by atoms with Gasteiger partial charge < -0.3 is 19.3 Å². The minimum atomic E-state index is -1.29. The van der Waals surface area contributed by atoms with Crippen LogP contribution in [0.5, 0.6) is 5.75 Å². The van der Waals surface area contributed by atoms with Crippen LogP contribution in [0.4, 0.5) is 5.69 Å². The Morgan fingerprint density at radius 2 is 1.72 bits per heavy atom. The van der Waals surface area contributed by atoms with E-state index >= 15 is 0 Å². The van der Waals surface area contributed by atoms with Crippen LogP contribution < -0.4 is 9.64 Å². The lowest BCUT2D eigenvalue weighted by Gasteiger charge is -2.38. The molecule has 2 aliphatic rings. The summed E-state index contributed by atoms with van der Waals surface area (Å²) in [5.74, 6) is -0.289. The highest BCUT2D eigenvalue weighted by Gasteiger charge is 2.55. The molecule has 2 aromatic carbocycles. The number of aryl methyl sites for hydroxylation is 2. The maximum atomic E-state index is 13.8. The minimum absolute atomic E-state index is 0.0654. The number of rotatable bonds is 8. The lowest BCUT2D eigenvalue weighted by Crippen LogP contribution is -2.51. The summed E-state index contributed by atoms with van der Waals surface area (Å²) in [4.78, 5) is 45.7. The van der Waals surface area contributed by atoms with Crippen LogP contribution in [0.1, 0.15) is 29.5 Å². The number of anilines is 1. The maximum Gasteiger partial charge on any atom is 0.241 e. The van der Waals surface area contributed by atoms with Crippen molar-refractivity contribution >= 4 is 23.4 Å². The SMILES string of the molecule is COCCN1C(=O)CC(CC(=O)N2CCN(c3cc(C)ccc3C)CC2)(c2ccccc2OC)C1=O. The van der Waals surface area contributed by atoms with Crippen LogP contribution in [0.3, 0.4) is 0 Å². The normalized spacial score (nSPS) is 20.3. The molecule has 0 spiro atoms. The molecule has 3 amide bonds. The summed E-state index contributed by atoms with van der Waals surface area (Å²) < 4.78 is 10.7. The molecule has 0 saturated carbocycles. The third kappa shape index (κ3) is 4.82. The van der Waals surface area contributed by atoms with Crippen molar-refractivity contribution in [2.45, 2.75) is 32.1 Å². The third-order valence-electron chi connectivity index (χ3n) is 7.34. The molecule has 2 aliphatic heterocycles. The molecular formula is C28H35N3O5. The van der Waals surface area contributed by atoms with E-state index in [2.05, 4.69) is 36.9 Å². The molecular weight excluding hydrogens is 458 g/mol. The average molecular weight is 494 g/mol. The van der Waals surface area contributed by atoms with E-state index in [1.807, 2.05) is 17.0 Å². The van der Waals surface area contributed by atoms with Crippen LogP contribution in [0, 0.1) is 13.8 Å². The molecule has 2 heterocycles. The Kier molecular flexibility index (Phi) is 7.64. The second-order valence-electron chi connectivity index (χ2n) is 9.64. The van der Waals surface area contributed by atoms with Crippen LogP contribution in [-0.4, -0.2) is 81.1 Å². The van der Waals surface area contributed by atoms with E-state index in [4.69, 9.17) is 9.47 Å². The smallest absolute Gasteiger partial charge is 0.241 e. The van der Waals surface area contributed by atoms with Gasteiger partial charge in [-0.25, -0.2) is 0 Å². The fraction of sp³-hybridized carbons (Fsp3) is 0.464. The molecule has 0 aromatic heterocycles. The number of para-hydroxylation sites is 1. The molecule has 0 bridgehead atoms. The van der Waals surface area contributed by atoms with Crippen molar-refractivity contribution < 1.29 is 23.9 Å². The zero-order valence-corrected chi connectivity index (χ0v) is 21.6. The largest absolute Gasteiger partial charge is 0.496 e. The molecule has 1 unspecified atom stereocenters. The van der Waals surface area contributed by atoms with Gasteiger partial charge in [-0.3, -0.25) is 19.3 Å². The molecule has 2 fully saturated rings. The lowest BCUT2D eigenvalue weighted by atomic mass is 9.75. The van der Waals surface area contributed by atoms with E-state index in [0.717, 1.165) is 0 Å². The first-order chi connectivity index (χ1) is 17.3. The second kappa shape index (κ2) is 10.7. The zero-order chi connectivity index (χ0) is 25.9. The van der Waals surface area contributed by atoms with Crippen LogP contribution in [-0.2, 0) is 24.5 Å².